The number of halogens is 1. The fourth-order valence-electron chi connectivity index (χ4n) is 1.28. The number of nitrogen functional groups attached to an aromatic ring is 1. The van der Waals surface area contributed by atoms with Gasteiger partial charge < -0.3 is 10.1 Å². The number of rotatable bonds is 0. The normalized spacial score (nSPS) is 10.8. The van der Waals surface area contributed by atoms with Crippen LogP contribution < -0.4 is 5.73 Å². The van der Waals surface area contributed by atoms with Gasteiger partial charge in [-0.2, -0.15) is 0 Å². The van der Waals surface area contributed by atoms with E-state index in [1.807, 2.05) is 23.6 Å². The molecule has 3 nitrogen and oxygen atoms in total. The van der Waals surface area contributed by atoms with Gasteiger partial charge in [0.1, 0.15) is 11.3 Å². The summed E-state index contributed by atoms with van der Waals surface area (Å²) in [5, 5.41) is 0.635. The number of imidazole rings is 1. The lowest BCUT2D eigenvalue weighted by Crippen LogP contribution is -1.87. The molecule has 2 N–H and O–H groups in total. The molecule has 0 saturated carbocycles. The largest absolute Gasteiger partial charge is 0.382 e. The number of aryl methyl sites for hydroxylation is 1. The van der Waals surface area contributed by atoms with Crippen molar-refractivity contribution in [3.05, 3.63) is 29.2 Å². The SMILES string of the molecule is Cc1nc(N)c2c(Cl)cccn12. The molecule has 0 amide bonds. The fourth-order valence-corrected chi connectivity index (χ4v) is 1.54. The van der Waals surface area contributed by atoms with E-state index in [1.165, 1.54) is 0 Å². The molecule has 0 aromatic carbocycles. The van der Waals surface area contributed by atoms with E-state index in [-0.39, 0.29) is 0 Å². The highest BCUT2D eigenvalue weighted by molar-refractivity contribution is 6.34. The molecule has 62 valence electrons. The molecular formula is C8H8ClN3. The number of aromatic nitrogens is 2. The predicted molar refractivity (Wildman–Crippen MR) is 49.4 cm³/mol. The van der Waals surface area contributed by atoms with E-state index in [2.05, 4.69) is 4.98 Å². The van der Waals surface area contributed by atoms with Crippen LogP contribution in [0, 0.1) is 6.92 Å². The summed E-state index contributed by atoms with van der Waals surface area (Å²) in [6.45, 7) is 1.89. The number of anilines is 1. The smallest absolute Gasteiger partial charge is 0.151 e. The molecule has 0 saturated heterocycles. The monoisotopic (exact) mass is 181 g/mol. The van der Waals surface area contributed by atoms with Crippen LogP contribution in [0.5, 0.6) is 0 Å². The van der Waals surface area contributed by atoms with E-state index in [0.717, 1.165) is 11.3 Å². The average molecular weight is 182 g/mol. The first kappa shape index (κ1) is 7.43. The van der Waals surface area contributed by atoms with Gasteiger partial charge in [-0.05, 0) is 19.1 Å². The number of hydrogen-bond acceptors (Lipinski definition) is 2. The zero-order valence-corrected chi connectivity index (χ0v) is 7.34. The molecule has 4 heteroatoms. The molecule has 2 aromatic heterocycles. The zero-order chi connectivity index (χ0) is 8.72. The second kappa shape index (κ2) is 2.38. The van der Waals surface area contributed by atoms with Gasteiger partial charge in [-0.1, -0.05) is 11.6 Å². The molecular weight excluding hydrogens is 174 g/mol. The molecule has 0 spiro atoms. The second-order valence-electron chi connectivity index (χ2n) is 2.62. The van der Waals surface area contributed by atoms with E-state index in [1.54, 1.807) is 6.07 Å². The topological polar surface area (TPSA) is 43.3 Å². The number of pyridine rings is 1. The van der Waals surface area contributed by atoms with Crippen molar-refractivity contribution in [2.24, 2.45) is 0 Å². The number of nitrogens with zero attached hydrogens (tertiary/aromatic N) is 2. The molecule has 0 bridgehead atoms. The zero-order valence-electron chi connectivity index (χ0n) is 6.58. The van der Waals surface area contributed by atoms with Gasteiger partial charge in [0, 0.05) is 6.20 Å². The molecule has 0 radical (unpaired) electrons. The summed E-state index contributed by atoms with van der Waals surface area (Å²) in [6, 6.07) is 3.66. The maximum Gasteiger partial charge on any atom is 0.151 e. The van der Waals surface area contributed by atoms with Crippen LogP contribution in [0.1, 0.15) is 5.82 Å². The standard InChI is InChI=1S/C8H8ClN3/c1-5-11-8(10)7-6(9)3-2-4-12(5)7/h2-4H,10H2,1H3. The summed E-state index contributed by atoms with van der Waals surface area (Å²) in [7, 11) is 0. The summed E-state index contributed by atoms with van der Waals surface area (Å²) in [4.78, 5) is 4.11. The van der Waals surface area contributed by atoms with Gasteiger partial charge in [-0.15, -0.1) is 0 Å². The van der Waals surface area contributed by atoms with Crippen molar-refractivity contribution in [3.8, 4) is 0 Å². The Labute approximate surface area is 74.8 Å². The van der Waals surface area contributed by atoms with Crippen molar-refractivity contribution in [1.82, 2.24) is 9.38 Å². The van der Waals surface area contributed by atoms with Crippen molar-refractivity contribution in [3.63, 3.8) is 0 Å². The summed E-state index contributed by atoms with van der Waals surface area (Å²) in [5.41, 5.74) is 6.45. The minimum atomic E-state index is 0.484. The van der Waals surface area contributed by atoms with Gasteiger partial charge in [0.15, 0.2) is 5.82 Å². The van der Waals surface area contributed by atoms with E-state index in [0.29, 0.717) is 10.8 Å². The highest BCUT2D eigenvalue weighted by Crippen LogP contribution is 2.22. The van der Waals surface area contributed by atoms with Crippen molar-refractivity contribution in [1.29, 1.82) is 0 Å². The Balaban J connectivity index is 2.99. The van der Waals surface area contributed by atoms with Gasteiger partial charge in [-0.25, -0.2) is 4.98 Å². The van der Waals surface area contributed by atoms with E-state index in [4.69, 9.17) is 17.3 Å². The minimum Gasteiger partial charge on any atom is -0.382 e. The predicted octanol–water partition coefficient (Wildman–Crippen LogP) is 1.88. The van der Waals surface area contributed by atoms with Crippen LogP contribution in [-0.4, -0.2) is 9.38 Å². The first-order valence-electron chi connectivity index (χ1n) is 3.59. The lowest BCUT2D eigenvalue weighted by Gasteiger charge is -1.96. The third-order valence-electron chi connectivity index (χ3n) is 1.82. The van der Waals surface area contributed by atoms with Crippen molar-refractivity contribution < 1.29 is 0 Å². The number of hydrogen-bond donors (Lipinski definition) is 1. The van der Waals surface area contributed by atoms with Gasteiger partial charge in [0.05, 0.1) is 5.02 Å². The Hall–Kier alpha value is -1.22. The molecule has 0 aliphatic heterocycles. The van der Waals surface area contributed by atoms with Crippen LogP contribution in [-0.2, 0) is 0 Å². The first-order valence-corrected chi connectivity index (χ1v) is 3.96. The first-order chi connectivity index (χ1) is 5.70. The van der Waals surface area contributed by atoms with Gasteiger partial charge >= 0.3 is 0 Å². The number of nitrogens with two attached hydrogens (primary N) is 1. The van der Waals surface area contributed by atoms with Crippen LogP contribution in [0.2, 0.25) is 5.02 Å². The fraction of sp³-hybridized carbons (Fsp3) is 0.125. The van der Waals surface area contributed by atoms with Gasteiger partial charge in [0.25, 0.3) is 0 Å². The van der Waals surface area contributed by atoms with E-state index in [9.17, 15) is 0 Å². The second-order valence-corrected chi connectivity index (χ2v) is 3.03. The molecule has 0 unspecified atom stereocenters. The highest BCUT2D eigenvalue weighted by Gasteiger charge is 2.06. The van der Waals surface area contributed by atoms with Crippen molar-refractivity contribution in [2.75, 3.05) is 5.73 Å². The lowest BCUT2D eigenvalue weighted by molar-refractivity contribution is 1.05. The molecule has 2 heterocycles. The van der Waals surface area contributed by atoms with Crippen LogP contribution >= 0.6 is 11.6 Å². The average Bonchev–Trinajstić information content (AvgIpc) is 2.29. The molecule has 12 heavy (non-hydrogen) atoms. The van der Waals surface area contributed by atoms with Crippen LogP contribution in [0.4, 0.5) is 5.82 Å². The van der Waals surface area contributed by atoms with Crippen LogP contribution in [0.15, 0.2) is 18.3 Å². The van der Waals surface area contributed by atoms with E-state index < -0.39 is 0 Å². The van der Waals surface area contributed by atoms with Gasteiger partial charge in [0.2, 0.25) is 0 Å². The Bertz CT molecular complexity index is 433. The number of fused-ring (bicyclic) bond motifs is 1. The lowest BCUT2D eigenvalue weighted by atomic mass is 10.4. The minimum absolute atomic E-state index is 0.484. The third-order valence-corrected chi connectivity index (χ3v) is 2.12. The van der Waals surface area contributed by atoms with Crippen molar-refractivity contribution >= 4 is 22.9 Å². The maximum atomic E-state index is 5.93. The van der Waals surface area contributed by atoms with Gasteiger partial charge in [-0.3, -0.25) is 0 Å². The summed E-state index contributed by atoms with van der Waals surface area (Å²) in [5.74, 6) is 1.34. The summed E-state index contributed by atoms with van der Waals surface area (Å²) < 4.78 is 1.87. The summed E-state index contributed by atoms with van der Waals surface area (Å²) >= 11 is 5.93. The Morgan fingerprint density at radius 1 is 1.58 bits per heavy atom. The third kappa shape index (κ3) is 0.865. The Morgan fingerprint density at radius 2 is 2.33 bits per heavy atom. The molecule has 0 aliphatic carbocycles. The molecule has 2 rings (SSSR count). The molecule has 2 aromatic rings. The Morgan fingerprint density at radius 3 is 3.00 bits per heavy atom. The molecule has 0 atom stereocenters. The van der Waals surface area contributed by atoms with Crippen molar-refractivity contribution in [2.45, 2.75) is 6.92 Å². The van der Waals surface area contributed by atoms with Crippen LogP contribution in [0.25, 0.3) is 5.52 Å². The van der Waals surface area contributed by atoms with Crippen LogP contribution in [0.3, 0.4) is 0 Å². The molecule has 0 fully saturated rings. The van der Waals surface area contributed by atoms with E-state index >= 15 is 0 Å². The Kier molecular flexibility index (Phi) is 1.48. The highest BCUT2D eigenvalue weighted by atomic mass is 35.5. The quantitative estimate of drug-likeness (QED) is 0.675. The maximum absolute atomic E-state index is 5.93. The molecule has 0 aliphatic rings. The summed E-state index contributed by atoms with van der Waals surface area (Å²) in [6.07, 6.45) is 1.89.